The summed E-state index contributed by atoms with van der Waals surface area (Å²) in [4.78, 5) is 28.5. The number of benzene rings is 2. The van der Waals surface area contributed by atoms with Gasteiger partial charge in [0.25, 0.3) is 5.91 Å². The number of aromatic nitrogens is 1. The van der Waals surface area contributed by atoms with E-state index in [1.54, 1.807) is 0 Å². The predicted molar refractivity (Wildman–Crippen MR) is 129 cm³/mol. The lowest BCUT2D eigenvalue weighted by Gasteiger charge is -2.26. The second-order valence-electron chi connectivity index (χ2n) is 7.42. The average Bonchev–Trinajstić information content (AvgIpc) is 2.83. The fourth-order valence-electron chi connectivity index (χ4n) is 2.94. The number of methoxy groups -OCH3 is 1. The number of pyridine rings is 1. The van der Waals surface area contributed by atoms with Gasteiger partial charge in [-0.05, 0) is 41.7 Å². The van der Waals surface area contributed by atoms with Crippen molar-refractivity contribution < 1.29 is 50.5 Å². The summed E-state index contributed by atoms with van der Waals surface area (Å²) in [6.07, 6.45) is -4.14. The fourth-order valence-corrected chi connectivity index (χ4v) is 3.10. The highest BCUT2D eigenvalue weighted by atomic mass is 35.5. The Morgan fingerprint density at radius 1 is 0.949 bits per heavy atom. The highest BCUT2D eigenvalue weighted by Gasteiger charge is 2.34. The Balaban J connectivity index is 2.05. The number of carbonyl (C=O) groups is 2. The fraction of sp³-hybridized carbons (Fsp3) is 0.136. The van der Waals surface area contributed by atoms with Crippen molar-refractivity contribution in [1.29, 1.82) is 0 Å². The van der Waals surface area contributed by atoms with Crippen molar-refractivity contribution in [3.05, 3.63) is 70.5 Å². The van der Waals surface area contributed by atoms with Crippen molar-refractivity contribution in [2.24, 2.45) is 0 Å². The number of amides is 1. The summed E-state index contributed by atoms with van der Waals surface area (Å²) in [5.41, 5.74) is -1.05. The van der Waals surface area contributed by atoms with E-state index >= 15 is 4.39 Å². The molecule has 17 heteroatoms. The Labute approximate surface area is 226 Å². The summed E-state index contributed by atoms with van der Waals surface area (Å²) in [6, 6.07) is 5.59. The second kappa shape index (κ2) is 11.4. The SMILES string of the molecule is [B]C([B])([B])Oc1c(Oc2ccc(Cl)c(F)c2C(=O)Nc2ccnc(C(=O)OC)c2)ccc(OC(F)(F)F)c1F. The van der Waals surface area contributed by atoms with Crippen molar-refractivity contribution in [2.45, 2.75) is 11.7 Å². The third kappa shape index (κ3) is 7.56. The Hall–Kier alpha value is -3.94. The maximum absolute atomic E-state index is 15.0. The molecule has 0 atom stereocenters. The van der Waals surface area contributed by atoms with Gasteiger partial charge in [0.2, 0.25) is 5.82 Å². The standard InChI is InChI=1S/C22H11B3ClF5N2O6/c1-36-20(35)11-8-9(6-7-32-11)33-19(34)15-12(3-2-10(26)16(15)27)37-14-5-4-13(38-22(29,30)31)17(28)18(14)39-21(23,24)25/h2-8H,1H3,(H,32,33,34). The molecular formula is C22H11B3ClF5N2O6. The molecule has 6 radical (unpaired) electrons. The molecule has 0 aliphatic heterocycles. The van der Waals surface area contributed by atoms with Crippen molar-refractivity contribution in [2.75, 3.05) is 12.4 Å². The second-order valence-corrected chi connectivity index (χ2v) is 7.83. The van der Waals surface area contributed by atoms with Gasteiger partial charge in [-0.1, -0.05) is 11.6 Å². The topological polar surface area (TPSA) is 96.0 Å². The zero-order valence-electron chi connectivity index (χ0n) is 19.4. The third-order valence-corrected chi connectivity index (χ3v) is 4.74. The molecule has 0 aliphatic rings. The molecule has 0 unspecified atom stereocenters. The van der Waals surface area contributed by atoms with Gasteiger partial charge in [-0.2, -0.15) is 4.39 Å². The lowest BCUT2D eigenvalue weighted by atomic mass is 9.52. The molecule has 196 valence electrons. The van der Waals surface area contributed by atoms with E-state index in [9.17, 15) is 27.2 Å². The van der Waals surface area contributed by atoms with E-state index in [0.717, 1.165) is 37.6 Å². The summed E-state index contributed by atoms with van der Waals surface area (Å²) < 4.78 is 86.2. The first-order valence-corrected chi connectivity index (χ1v) is 10.6. The van der Waals surface area contributed by atoms with Gasteiger partial charge in [0.1, 0.15) is 40.5 Å². The quantitative estimate of drug-likeness (QED) is 0.250. The number of anilines is 1. The molecule has 0 saturated carbocycles. The lowest BCUT2D eigenvalue weighted by Crippen LogP contribution is -2.38. The maximum atomic E-state index is 15.0. The molecule has 3 rings (SSSR count). The molecule has 0 aliphatic carbocycles. The lowest BCUT2D eigenvalue weighted by molar-refractivity contribution is -0.275. The van der Waals surface area contributed by atoms with Crippen LogP contribution in [0.2, 0.25) is 5.02 Å². The molecule has 1 heterocycles. The highest BCUT2D eigenvalue weighted by molar-refractivity contribution is 6.58. The third-order valence-electron chi connectivity index (χ3n) is 4.45. The average molecular weight is 562 g/mol. The monoisotopic (exact) mass is 562 g/mol. The van der Waals surface area contributed by atoms with Gasteiger partial charge in [0.15, 0.2) is 23.1 Å². The number of halogens is 6. The Bertz CT molecular complexity index is 1420. The molecule has 3 aromatic rings. The van der Waals surface area contributed by atoms with Crippen molar-refractivity contribution in [3.8, 4) is 23.0 Å². The predicted octanol–water partition coefficient (Wildman–Crippen LogP) is 4.24. The Morgan fingerprint density at radius 3 is 2.21 bits per heavy atom. The number of nitrogens with zero attached hydrogens (tertiary/aromatic N) is 1. The normalized spacial score (nSPS) is 11.5. The van der Waals surface area contributed by atoms with Gasteiger partial charge < -0.3 is 24.3 Å². The summed E-state index contributed by atoms with van der Waals surface area (Å²) in [7, 11) is 17.0. The molecule has 0 saturated heterocycles. The number of alkyl halides is 3. The van der Waals surface area contributed by atoms with E-state index in [1.807, 2.05) is 0 Å². The van der Waals surface area contributed by atoms with Gasteiger partial charge >= 0.3 is 12.3 Å². The van der Waals surface area contributed by atoms with Crippen molar-refractivity contribution in [3.63, 3.8) is 0 Å². The number of hydrogen-bond acceptors (Lipinski definition) is 7. The van der Waals surface area contributed by atoms with E-state index in [2.05, 4.69) is 19.8 Å². The minimum atomic E-state index is -5.29. The summed E-state index contributed by atoms with van der Waals surface area (Å²) in [5, 5.41) is -0.859. The molecule has 1 N–H and O–H groups in total. The minimum Gasteiger partial charge on any atom is -0.510 e. The van der Waals surface area contributed by atoms with Gasteiger partial charge in [0, 0.05) is 11.9 Å². The zero-order chi connectivity index (χ0) is 29.1. The highest BCUT2D eigenvalue weighted by Crippen LogP contribution is 2.42. The minimum absolute atomic E-state index is 0.0244. The molecule has 0 spiro atoms. The summed E-state index contributed by atoms with van der Waals surface area (Å²) >= 11 is 5.81. The number of esters is 1. The first-order chi connectivity index (χ1) is 18.1. The number of carbonyl (C=O) groups excluding carboxylic acids is 2. The Kier molecular flexibility index (Phi) is 8.69. The maximum Gasteiger partial charge on any atom is 0.573 e. The van der Waals surface area contributed by atoms with E-state index in [-0.39, 0.29) is 11.4 Å². The summed E-state index contributed by atoms with van der Waals surface area (Å²) in [6.45, 7) is 0. The Morgan fingerprint density at radius 2 is 1.59 bits per heavy atom. The van der Waals surface area contributed by atoms with Crippen molar-refractivity contribution in [1.82, 2.24) is 4.98 Å². The van der Waals surface area contributed by atoms with Crippen LogP contribution in [0.5, 0.6) is 23.0 Å². The number of hydrogen-bond donors (Lipinski definition) is 1. The molecule has 0 bridgehead atoms. The van der Waals surface area contributed by atoms with Gasteiger partial charge in [-0.3, -0.25) is 4.79 Å². The van der Waals surface area contributed by atoms with E-state index in [1.165, 1.54) is 6.07 Å². The van der Waals surface area contributed by atoms with E-state index in [0.29, 0.717) is 6.07 Å². The first-order valence-electron chi connectivity index (χ1n) is 10.2. The van der Waals surface area contributed by atoms with Gasteiger partial charge in [-0.25, -0.2) is 14.2 Å². The van der Waals surface area contributed by atoms with Crippen LogP contribution in [0.15, 0.2) is 42.6 Å². The first kappa shape index (κ1) is 29.6. The number of rotatable bonds is 8. The molecule has 8 nitrogen and oxygen atoms in total. The van der Waals surface area contributed by atoms with Crippen LogP contribution in [-0.4, -0.2) is 59.2 Å². The molecule has 1 aromatic heterocycles. The van der Waals surface area contributed by atoms with Crippen LogP contribution < -0.4 is 19.5 Å². The van der Waals surface area contributed by atoms with Crippen LogP contribution in [0.4, 0.5) is 27.6 Å². The largest absolute Gasteiger partial charge is 0.573 e. The van der Waals surface area contributed by atoms with Crippen molar-refractivity contribution >= 4 is 52.7 Å². The van der Waals surface area contributed by atoms with Crippen LogP contribution in [-0.2, 0) is 4.74 Å². The molecule has 39 heavy (non-hydrogen) atoms. The van der Waals surface area contributed by atoms with E-state index < -0.39 is 68.8 Å². The smallest absolute Gasteiger partial charge is 0.510 e. The van der Waals surface area contributed by atoms with Gasteiger partial charge in [-0.15, -0.1) is 13.2 Å². The molecule has 2 aromatic carbocycles. The molecule has 1 amide bonds. The van der Waals surface area contributed by atoms with Crippen LogP contribution >= 0.6 is 11.6 Å². The van der Waals surface area contributed by atoms with Crippen LogP contribution in [0.1, 0.15) is 20.8 Å². The number of ether oxygens (including phenoxy) is 4. The number of nitrogens with one attached hydrogen (secondary N) is 1. The summed E-state index contributed by atoms with van der Waals surface area (Å²) in [5.74, 6) is -8.95. The van der Waals surface area contributed by atoms with E-state index in [4.69, 9.17) is 44.6 Å². The zero-order valence-corrected chi connectivity index (χ0v) is 20.2. The molecular weight excluding hydrogens is 551 g/mol. The molecule has 0 fully saturated rings. The van der Waals surface area contributed by atoms with Gasteiger partial charge in [0.05, 0.1) is 12.1 Å². The van der Waals surface area contributed by atoms with Crippen LogP contribution in [0.25, 0.3) is 0 Å². The van der Waals surface area contributed by atoms with Crippen LogP contribution in [0, 0.1) is 11.6 Å². The van der Waals surface area contributed by atoms with Crippen LogP contribution in [0.3, 0.4) is 0 Å².